The fourth-order valence-corrected chi connectivity index (χ4v) is 3.99. The fraction of sp³-hybridized carbons (Fsp3) is 0.565. The Labute approximate surface area is 172 Å². The molecular weight excluding hydrogens is 362 g/mol. The van der Waals surface area contributed by atoms with E-state index in [-0.39, 0.29) is 18.1 Å². The first-order valence-corrected chi connectivity index (χ1v) is 10.7. The molecule has 154 valence electrons. The van der Waals surface area contributed by atoms with E-state index >= 15 is 0 Å². The number of aryl methyl sites for hydroxylation is 1. The molecular formula is C23H31N5O. The van der Waals surface area contributed by atoms with E-state index in [4.69, 9.17) is 20.4 Å². The van der Waals surface area contributed by atoms with Crippen LogP contribution in [0.15, 0.2) is 28.9 Å². The number of nitrogens with two attached hydrogens (primary N) is 1. The molecule has 6 heteroatoms. The third kappa shape index (κ3) is 4.47. The number of hydrogen-bond donors (Lipinski definition) is 1. The van der Waals surface area contributed by atoms with E-state index in [1.54, 1.807) is 6.20 Å². The standard InChI is InChI=1S/C23H31N5O/c1-13(2)21-19-8-5-14(3)26-23(19)28-22(27-21)16-9-15(4)29-20(10-16)17(11-24)12-25-18-6-7-18/h5,8,11-13,15-16,18,20H,6-7,9-10,24H2,1-4H3/b17-11+,25-12?/t15-,16+,20+/m0/s1. The molecule has 2 aliphatic rings. The lowest BCUT2D eigenvalue weighted by Gasteiger charge is -2.34. The number of pyridine rings is 1. The summed E-state index contributed by atoms with van der Waals surface area (Å²) in [5.74, 6) is 1.38. The van der Waals surface area contributed by atoms with Crippen molar-refractivity contribution in [1.29, 1.82) is 0 Å². The van der Waals surface area contributed by atoms with Crippen molar-refractivity contribution in [2.75, 3.05) is 0 Å². The average Bonchev–Trinajstić information content (AvgIpc) is 3.51. The number of ether oxygens (including phenoxy) is 1. The van der Waals surface area contributed by atoms with Crippen LogP contribution in [-0.2, 0) is 4.74 Å². The first kappa shape index (κ1) is 20.0. The minimum atomic E-state index is -0.0801. The zero-order chi connectivity index (χ0) is 20.5. The van der Waals surface area contributed by atoms with Crippen molar-refractivity contribution >= 4 is 17.2 Å². The van der Waals surface area contributed by atoms with Gasteiger partial charge >= 0.3 is 0 Å². The third-order valence-corrected chi connectivity index (χ3v) is 5.71. The van der Waals surface area contributed by atoms with Crippen LogP contribution >= 0.6 is 0 Å². The second-order valence-electron chi connectivity index (χ2n) is 8.73. The number of aromatic nitrogens is 3. The van der Waals surface area contributed by atoms with Crippen LogP contribution in [0.3, 0.4) is 0 Å². The highest BCUT2D eigenvalue weighted by Gasteiger charge is 2.32. The van der Waals surface area contributed by atoms with Gasteiger partial charge in [-0.15, -0.1) is 0 Å². The Bertz CT molecular complexity index is 948. The number of aliphatic imine (C=N–C) groups is 1. The van der Waals surface area contributed by atoms with Crippen LogP contribution in [0.25, 0.3) is 11.0 Å². The summed E-state index contributed by atoms with van der Waals surface area (Å²) in [6.07, 6.45) is 7.61. The maximum absolute atomic E-state index is 6.22. The molecule has 3 atom stereocenters. The number of rotatable bonds is 5. The molecule has 0 spiro atoms. The zero-order valence-corrected chi connectivity index (χ0v) is 17.8. The molecule has 0 aromatic carbocycles. The van der Waals surface area contributed by atoms with Crippen molar-refractivity contribution in [3.05, 3.63) is 41.1 Å². The Balaban J connectivity index is 1.66. The van der Waals surface area contributed by atoms with Gasteiger partial charge in [0.05, 0.1) is 23.9 Å². The number of hydrogen-bond acceptors (Lipinski definition) is 6. The van der Waals surface area contributed by atoms with E-state index < -0.39 is 0 Å². The van der Waals surface area contributed by atoms with Gasteiger partial charge in [0.1, 0.15) is 5.82 Å². The van der Waals surface area contributed by atoms with Crippen LogP contribution < -0.4 is 5.73 Å². The number of fused-ring (bicyclic) bond motifs is 1. The molecule has 3 heterocycles. The summed E-state index contributed by atoms with van der Waals surface area (Å²) in [4.78, 5) is 19.2. The molecule has 1 aliphatic heterocycles. The van der Waals surface area contributed by atoms with Gasteiger partial charge < -0.3 is 10.5 Å². The first-order chi connectivity index (χ1) is 13.9. The van der Waals surface area contributed by atoms with Crippen molar-refractivity contribution < 1.29 is 4.74 Å². The van der Waals surface area contributed by atoms with Gasteiger partial charge in [0, 0.05) is 35.0 Å². The van der Waals surface area contributed by atoms with Gasteiger partial charge in [-0.2, -0.15) is 0 Å². The summed E-state index contributed by atoms with van der Waals surface area (Å²) in [5, 5.41) is 1.05. The highest BCUT2D eigenvalue weighted by Crippen LogP contribution is 2.35. The van der Waals surface area contributed by atoms with Gasteiger partial charge in [-0.3, -0.25) is 4.99 Å². The predicted molar refractivity (Wildman–Crippen MR) is 116 cm³/mol. The summed E-state index contributed by atoms with van der Waals surface area (Å²) in [7, 11) is 0. The van der Waals surface area contributed by atoms with Crippen LogP contribution in [0.2, 0.25) is 0 Å². The molecule has 0 amide bonds. The topological polar surface area (TPSA) is 86.3 Å². The van der Waals surface area contributed by atoms with E-state index in [0.717, 1.165) is 46.7 Å². The maximum atomic E-state index is 6.22. The molecule has 2 fully saturated rings. The van der Waals surface area contributed by atoms with Crippen molar-refractivity contribution in [3.63, 3.8) is 0 Å². The van der Waals surface area contributed by atoms with Crippen molar-refractivity contribution in [3.8, 4) is 0 Å². The minimum absolute atomic E-state index is 0.0801. The van der Waals surface area contributed by atoms with Gasteiger partial charge in [-0.1, -0.05) is 13.8 Å². The smallest absolute Gasteiger partial charge is 0.163 e. The Morgan fingerprint density at radius 1 is 1.21 bits per heavy atom. The summed E-state index contributed by atoms with van der Waals surface area (Å²) >= 11 is 0. The van der Waals surface area contributed by atoms with Crippen molar-refractivity contribution in [2.45, 2.75) is 83.5 Å². The second-order valence-corrected chi connectivity index (χ2v) is 8.73. The lowest BCUT2D eigenvalue weighted by atomic mass is 9.88. The van der Waals surface area contributed by atoms with Crippen molar-refractivity contribution in [2.24, 2.45) is 10.7 Å². The highest BCUT2D eigenvalue weighted by molar-refractivity contribution is 5.80. The Kier molecular flexibility index (Phi) is 5.63. The van der Waals surface area contributed by atoms with E-state index in [1.807, 2.05) is 19.2 Å². The van der Waals surface area contributed by atoms with Gasteiger partial charge in [0.25, 0.3) is 0 Å². The molecule has 2 N–H and O–H groups in total. The zero-order valence-electron chi connectivity index (χ0n) is 17.8. The molecule has 2 aromatic heterocycles. The molecule has 1 aliphatic carbocycles. The number of nitrogens with zero attached hydrogens (tertiary/aromatic N) is 4. The Morgan fingerprint density at radius 3 is 2.69 bits per heavy atom. The summed E-state index contributed by atoms with van der Waals surface area (Å²) in [5.41, 5.74) is 9.70. The Morgan fingerprint density at radius 2 is 2.00 bits per heavy atom. The molecule has 1 saturated carbocycles. The third-order valence-electron chi connectivity index (χ3n) is 5.71. The Hall–Kier alpha value is -2.34. The predicted octanol–water partition coefficient (Wildman–Crippen LogP) is 4.18. The second kappa shape index (κ2) is 8.19. The van der Waals surface area contributed by atoms with E-state index in [9.17, 15) is 0 Å². The van der Waals surface area contributed by atoms with E-state index in [1.165, 1.54) is 12.8 Å². The molecule has 4 rings (SSSR count). The van der Waals surface area contributed by atoms with E-state index in [2.05, 4.69) is 36.8 Å². The summed E-state index contributed by atoms with van der Waals surface area (Å²) < 4.78 is 6.22. The highest BCUT2D eigenvalue weighted by atomic mass is 16.5. The molecule has 29 heavy (non-hydrogen) atoms. The van der Waals surface area contributed by atoms with Gasteiger partial charge in [0.15, 0.2) is 5.65 Å². The van der Waals surface area contributed by atoms with Crippen LogP contribution in [0.4, 0.5) is 0 Å². The molecule has 6 nitrogen and oxygen atoms in total. The maximum Gasteiger partial charge on any atom is 0.163 e. The fourth-order valence-electron chi connectivity index (χ4n) is 3.99. The average molecular weight is 394 g/mol. The normalized spacial score (nSPS) is 26.0. The molecule has 0 radical (unpaired) electrons. The summed E-state index contributed by atoms with van der Waals surface area (Å²) in [6, 6.07) is 4.59. The lowest BCUT2D eigenvalue weighted by molar-refractivity contribution is -0.0272. The molecule has 0 unspecified atom stereocenters. The molecule has 1 saturated heterocycles. The first-order valence-electron chi connectivity index (χ1n) is 10.7. The van der Waals surface area contributed by atoms with Gasteiger partial charge in [0.2, 0.25) is 0 Å². The molecule has 0 bridgehead atoms. The quantitative estimate of drug-likeness (QED) is 0.770. The minimum Gasteiger partial charge on any atom is -0.404 e. The van der Waals surface area contributed by atoms with Crippen molar-refractivity contribution in [1.82, 2.24) is 15.0 Å². The SMILES string of the molecule is Cc1ccc2c(C(C)C)nc([C@@H]3C[C@H](C)O[C@@H](/C(C=NC4CC4)=C/N)C3)nc2n1. The van der Waals surface area contributed by atoms with Crippen LogP contribution in [0, 0.1) is 6.92 Å². The van der Waals surface area contributed by atoms with Crippen LogP contribution in [-0.4, -0.2) is 39.4 Å². The monoisotopic (exact) mass is 393 g/mol. The largest absolute Gasteiger partial charge is 0.404 e. The van der Waals surface area contributed by atoms with Crippen LogP contribution in [0.1, 0.15) is 75.5 Å². The van der Waals surface area contributed by atoms with E-state index in [0.29, 0.717) is 12.0 Å². The van der Waals surface area contributed by atoms with Gasteiger partial charge in [-0.25, -0.2) is 15.0 Å². The van der Waals surface area contributed by atoms with Gasteiger partial charge in [-0.05, 0) is 57.6 Å². The molecule has 2 aromatic rings. The lowest BCUT2D eigenvalue weighted by Crippen LogP contribution is -2.33. The summed E-state index contributed by atoms with van der Waals surface area (Å²) in [6.45, 7) is 8.45. The van der Waals surface area contributed by atoms with Crippen LogP contribution in [0.5, 0.6) is 0 Å².